The highest BCUT2D eigenvalue weighted by atomic mass is 32.2. The first-order valence-electron chi connectivity index (χ1n) is 5.82. The topological polar surface area (TPSA) is 58.2 Å². The van der Waals surface area contributed by atoms with Crippen LogP contribution in [0.1, 0.15) is 11.1 Å². The van der Waals surface area contributed by atoms with E-state index in [0.29, 0.717) is 6.54 Å². The van der Waals surface area contributed by atoms with Crippen molar-refractivity contribution >= 4 is 10.0 Å². The number of hydrogen-bond acceptors (Lipinski definition) is 3. The van der Waals surface area contributed by atoms with Crippen LogP contribution in [-0.2, 0) is 22.9 Å². The molecule has 2 rings (SSSR count). The van der Waals surface area contributed by atoms with Gasteiger partial charge in [-0.2, -0.15) is 0 Å². The fourth-order valence-corrected chi connectivity index (χ4v) is 3.46. The van der Waals surface area contributed by atoms with E-state index >= 15 is 0 Å². The second-order valence-corrected chi connectivity index (χ2v) is 6.29. The van der Waals surface area contributed by atoms with Crippen molar-refractivity contribution in [3.63, 3.8) is 0 Å². The van der Waals surface area contributed by atoms with Crippen molar-refractivity contribution in [3.05, 3.63) is 35.4 Å². The number of rotatable bonds is 5. The third-order valence-corrected chi connectivity index (χ3v) is 4.45. The first-order chi connectivity index (χ1) is 8.11. The molecule has 2 N–H and O–H groups in total. The van der Waals surface area contributed by atoms with Gasteiger partial charge in [0.05, 0.1) is 5.75 Å². The molecule has 0 spiro atoms. The first-order valence-corrected chi connectivity index (χ1v) is 7.47. The zero-order valence-electron chi connectivity index (χ0n) is 9.94. The lowest BCUT2D eigenvalue weighted by atomic mass is 10.1. The molecule has 0 aromatic heterocycles. The summed E-state index contributed by atoms with van der Waals surface area (Å²) in [6, 6.07) is 8.15. The van der Waals surface area contributed by atoms with Gasteiger partial charge in [0.25, 0.3) is 0 Å². The van der Waals surface area contributed by atoms with Gasteiger partial charge < -0.3 is 5.32 Å². The Balaban J connectivity index is 1.96. The summed E-state index contributed by atoms with van der Waals surface area (Å²) < 4.78 is 26.3. The molecule has 0 saturated carbocycles. The molecule has 0 fully saturated rings. The van der Waals surface area contributed by atoms with Gasteiger partial charge in [0.15, 0.2) is 0 Å². The summed E-state index contributed by atoms with van der Waals surface area (Å²) in [5, 5.41) is 2.85. The number of sulfonamides is 1. The van der Waals surface area contributed by atoms with E-state index in [1.807, 2.05) is 12.1 Å². The van der Waals surface area contributed by atoms with E-state index in [0.717, 1.165) is 12.8 Å². The predicted octanol–water partition coefficient (Wildman–Crippen LogP) is 0.293. The molecule has 0 radical (unpaired) electrons. The van der Waals surface area contributed by atoms with Crippen molar-refractivity contribution in [2.45, 2.75) is 18.9 Å². The lowest BCUT2D eigenvalue weighted by Crippen LogP contribution is -2.38. The zero-order chi connectivity index (χ0) is 12.3. The Bertz CT molecular complexity index is 460. The molecule has 0 saturated heterocycles. The molecular formula is C12H18N2O2S. The Hall–Kier alpha value is -0.910. The van der Waals surface area contributed by atoms with E-state index in [2.05, 4.69) is 22.2 Å². The van der Waals surface area contributed by atoms with E-state index in [4.69, 9.17) is 0 Å². The molecule has 1 aromatic rings. The highest BCUT2D eigenvalue weighted by Gasteiger charge is 2.24. The van der Waals surface area contributed by atoms with Gasteiger partial charge in [-0.1, -0.05) is 24.3 Å². The summed E-state index contributed by atoms with van der Waals surface area (Å²) in [6.07, 6.45) is 1.60. The summed E-state index contributed by atoms with van der Waals surface area (Å²) in [7, 11) is -1.41. The number of hydrogen-bond donors (Lipinski definition) is 2. The van der Waals surface area contributed by atoms with Gasteiger partial charge in [0.2, 0.25) is 10.0 Å². The van der Waals surface area contributed by atoms with Crippen LogP contribution in [0.15, 0.2) is 24.3 Å². The molecule has 17 heavy (non-hydrogen) atoms. The molecule has 0 aliphatic heterocycles. The van der Waals surface area contributed by atoms with Crippen molar-refractivity contribution in [2.24, 2.45) is 0 Å². The molecule has 94 valence electrons. The van der Waals surface area contributed by atoms with Crippen molar-refractivity contribution in [3.8, 4) is 0 Å². The van der Waals surface area contributed by atoms with Gasteiger partial charge in [0.1, 0.15) is 0 Å². The molecule has 0 amide bonds. The van der Waals surface area contributed by atoms with Gasteiger partial charge in [-0.3, -0.25) is 0 Å². The van der Waals surface area contributed by atoms with E-state index < -0.39 is 10.0 Å². The minimum absolute atomic E-state index is 0.0225. The summed E-state index contributed by atoms with van der Waals surface area (Å²) in [4.78, 5) is 0. The second kappa shape index (κ2) is 5.16. The number of fused-ring (bicyclic) bond motifs is 1. The Kier molecular flexibility index (Phi) is 3.81. The van der Waals surface area contributed by atoms with Crippen molar-refractivity contribution in [1.82, 2.24) is 10.0 Å². The maximum absolute atomic E-state index is 11.7. The standard InChI is InChI=1S/C12H18N2O2S/c1-13-6-7-17(15,16)14-12-8-10-4-2-3-5-11(10)9-12/h2-5,12-14H,6-9H2,1H3. The molecule has 0 heterocycles. The Morgan fingerprint density at radius 3 is 2.35 bits per heavy atom. The van der Waals surface area contributed by atoms with Gasteiger partial charge in [0, 0.05) is 12.6 Å². The Morgan fingerprint density at radius 1 is 1.24 bits per heavy atom. The maximum atomic E-state index is 11.7. The quantitative estimate of drug-likeness (QED) is 0.794. The minimum atomic E-state index is -3.16. The van der Waals surface area contributed by atoms with Crippen LogP contribution in [0.3, 0.4) is 0 Å². The Labute approximate surface area is 102 Å². The fraction of sp³-hybridized carbons (Fsp3) is 0.500. The average Bonchev–Trinajstić information content (AvgIpc) is 2.67. The number of benzene rings is 1. The van der Waals surface area contributed by atoms with Crippen LogP contribution >= 0.6 is 0 Å². The smallest absolute Gasteiger partial charge is 0.213 e. The van der Waals surface area contributed by atoms with Crippen LogP contribution in [0, 0.1) is 0 Å². The molecule has 0 unspecified atom stereocenters. The van der Waals surface area contributed by atoms with E-state index in [-0.39, 0.29) is 11.8 Å². The molecule has 1 aromatic carbocycles. The largest absolute Gasteiger partial charge is 0.319 e. The maximum Gasteiger partial charge on any atom is 0.213 e. The van der Waals surface area contributed by atoms with E-state index in [1.165, 1.54) is 11.1 Å². The second-order valence-electron chi connectivity index (χ2n) is 4.41. The predicted molar refractivity (Wildman–Crippen MR) is 68.5 cm³/mol. The molecule has 1 aliphatic rings. The summed E-state index contributed by atoms with van der Waals surface area (Å²) in [5.74, 6) is 0.135. The zero-order valence-corrected chi connectivity index (χ0v) is 10.8. The van der Waals surface area contributed by atoms with Crippen LogP contribution in [-0.4, -0.2) is 33.8 Å². The van der Waals surface area contributed by atoms with Crippen molar-refractivity contribution < 1.29 is 8.42 Å². The highest BCUT2D eigenvalue weighted by Crippen LogP contribution is 2.21. The molecule has 5 heteroatoms. The molecule has 0 atom stereocenters. The van der Waals surface area contributed by atoms with Gasteiger partial charge in [-0.05, 0) is 31.0 Å². The minimum Gasteiger partial charge on any atom is -0.319 e. The number of nitrogens with one attached hydrogen (secondary N) is 2. The Morgan fingerprint density at radius 2 is 1.82 bits per heavy atom. The summed E-state index contributed by atoms with van der Waals surface area (Å²) in [5.41, 5.74) is 2.52. The van der Waals surface area contributed by atoms with E-state index in [1.54, 1.807) is 7.05 Å². The van der Waals surface area contributed by atoms with Crippen LogP contribution in [0.2, 0.25) is 0 Å². The van der Waals surface area contributed by atoms with Crippen molar-refractivity contribution in [2.75, 3.05) is 19.3 Å². The van der Waals surface area contributed by atoms with Gasteiger partial charge in [-0.15, -0.1) is 0 Å². The van der Waals surface area contributed by atoms with Crippen LogP contribution < -0.4 is 10.0 Å². The van der Waals surface area contributed by atoms with Crippen LogP contribution in [0.25, 0.3) is 0 Å². The van der Waals surface area contributed by atoms with Crippen LogP contribution in [0.5, 0.6) is 0 Å². The molecule has 0 bridgehead atoms. The monoisotopic (exact) mass is 254 g/mol. The molecular weight excluding hydrogens is 236 g/mol. The van der Waals surface area contributed by atoms with Gasteiger partial charge >= 0.3 is 0 Å². The van der Waals surface area contributed by atoms with Gasteiger partial charge in [-0.25, -0.2) is 13.1 Å². The molecule has 1 aliphatic carbocycles. The third kappa shape index (κ3) is 3.28. The normalized spacial score (nSPS) is 16.1. The average molecular weight is 254 g/mol. The fourth-order valence-electron chi connectivity index (χ4n) is 2.19. The molecule has 4 nitrogen and oxygen atoms in total. The van der Waals surface area contributed by atoms with Crippen LogP contribution in [0.4, 0.5) is 0 Å². The summed E-state index contributed by atoms with van der Waals surface area (Å²) >= 11 is 0. The van der Waals surface area contributed by atoms with E-state index in [9.17, 15) is 8.42 Å². The van der Waals surface area contributed by atoms with Crippen molar-refractivity contribution in [1.29, 1.82) is 0 Å². The first kappa shape index (κ1) is 12.5. The highest BCUT2D eigenvalue weighted by molar-refractivity contribution is 7.89. The lowest BCUT2D eigenvalue weighted by Gasteiger charge is -2.12. The SMILES string of the molecule is CNCCS(=O)(=O)NC1Cc2ccccc2C1. The lowest BCUT2D eigenvalue weighted by molar-refractivity contribution is 0.554. The summed E-state index contributed by atoms with van der Waals surface area (Å²) in [6.45, 7) is 0.481. The third-order valence-electron chi connectivity index (χ3n) is 3.02.